The van der Waals surface area contributed by atoms with Crippen LogP contribution >= 0.6 is 0 Å². The lowest BCUT2D eigenvalue weighted by molar-refractivity contribution is 0.360. The molecule has 0 aromatic heterocycles. The zero-order valence-corrected chi connectivity index (χ0v) is 32.5. The molecule has 0 saturated carbocycles. The van der Waals surface area contributed by atoms with Gasteiger partial charge in [0.05, 0.1) is 0 Å². The molecule has 0 bridgehead atoms. The molecule has 1 aliphatic carbocycles. The van der Waals surface area contributed by atoms with Crippen molar-refractivity contribution in [1.29, 1.82) is 0 Å². The van der Waals surface area contributed by atoms with Crippen molar-refractivity contribution in [3.63, 3.8) is 0 Å². The van der Waals surface area contributed by atoms with E-state index in [-0.39, 0.29) is 5.41 Å². The number of fused-ring (bicyclic) bond motifs is 12. The molecule has 5 nitrogen and oxygen atoms in total. The number of aliphatic imine (C=N–C) groups is 2. The molecule has 1 unspecified atom stereocenters. The van der Waals surface area contributed by atoms with Crippen molar-refractivity contribution in [2.75, 3.05) is 0 Å². The first-order valence-electron chi connectivity index (χ1n) is 20.2. The minimum atomic E-state index is -0.437. The van der Waals surface area contributed by atoms with Gasteiger partial charge in [-0.1, -0.05) is 166 Å². The van der Waals surface area contributed by atoms with Crippen LogP contribution in [0.4, 0.5) is 0 Å². The summed E-state index contributed by atoms with van der Waals surface area (Å²) in [6.45, 7) is 4.55. The molecule has 0 radical (unpaired) electrons. The van der Waals surface area contributed by atoms with Crippen molar-refractivity contribution in [2.45, 2.75) is 25.4 Å². The lowest BCUT2D eigenvalue weighted by atomic mass is 9.82. The average molecular weight is 760 g/mol. The number of hydrogen-bond acceptors (Lipinski definition) is 5. The third-order valence-electron chi connectivity index (χ3n) is 12.4. The fourth-order valence-corrected chi connectivity index (χ4v) is 9.40. The normalized spacial score (nSPS) is 15.9. The highest BCUT2D eigenvalue weighted by Gasteiger charge is 2.39. The summed E-state index contributed by atoms with van der Waals surface area (Å²) in [5.74, 6) is 4.51. The smallest absolute Gasteiger partial charge is 0.178 e. The summed E-state index contributed by atoms with van der Waals surface area (Å²) in [7, 11) is 0. The van der Waals surface area contributed by atoms with Crippen LogP contribution in [-0.2, 0) is 5.41 Å². The quantitative estimate of drug-likeness (QED) is 0.182. The van der Waals surface area contributed by atoms with Gasteiger partial charge in [-0.25, -0.2) is 9.98 Å². The third-order valence-corrected chi connectivity index (χ3v) is 12.4. The predicted molar refractivity (Wildman–Crippen MR) is 240 cm³/mol. The number of rotatable bonds is 4. The van der Waals surface area contributed by atoms with Gasteiger partial charge in [0.15, 0.2) is 29.2 Å². The molecule has 9 aromatic carbocycles. The van der Waals surface area contributed by atoms with E-state index in [4.69, 9.17) is 19.5 Å². The highest BCUT2D eigenvalue weighted by atomic mass is 16.6. The molecule has 2 aliphatic heterocycles. The van der Waals surface area contributed by atoms with Gasteiger partial charge in [0.25, 0.3) is 0 Å². The van der Waals surface area contributed by atoms with Gasteiger partial charge in [-0.3, -0.25) is 0 Å². The van der Waals surface area contributed by atoms with Crippen LogP contribution in [0.2, 0.25) is 0 Å². The Labute approximate surface area is 342 Å². The second-order valence-electron chi connectivity index (χ2n) is 16.1. The SMILES string of the molecule is CC1(C)c2ccccc2-c2c1ccc1c2Oc2ccc(-c3ccc(C4N=C(c5ccccc5)NC(c5ccc6c7ccccc7c7ccccc7c6c5)=N4)cc3)cc2O1. The summed E-state index contributed by atoms with van der Waals surface area (Å²) < 4.78 is 13.2. The summed E-state index contributed by atoms with van der Waals surface area (Å²) in [5.41, 5.74) is 9.90. The van der Waals surface area contributed by atoms with Gasteiger partial charge >= 0.3 is 0 Å². The summed E-state index contributed by atoms with van der Waals surface area (Å²) >= 11 is 0. The minimum absolute atomic E-state index is 0.114. The maximum atomic E-state index is 6.66. The Bertz CT molecular complexity index is 3240. The Morgan fingerprint density at radius 1 is 0.441 bits per heavy atom. The number of benzene rings is 9. The van der Waals surface area contributed by atoms with Crippen molar-refractivity contribution in [3.05, 3.63) is 204 Å². The molecular weight excluding hydrogens is 723 g/mol. The van der Waals surface area contributed by atoms with Crippen molar-refractivity contribution in [1.82, 2.24) is 5.32 Å². The van der Waals surface area contributed by atoms with E-state index < -0.39 is 6.17 Å². The van der Waals surface area contributed by atoms with Gasteiger partial charge in [0, 0.05) is 22.1 Å². The minimum Gasteiger partial charge on any atom is -0.449 e. The van der Waals surface area contributed by atoms with E-state index in [1.54, 1.807) is 0 Å². The first-order chi connectivity index (χ1) is 29.0. The third kappa shape index (κ3) is 5.24. The molecule has 0 saturated heterocycles. The van der Waals surface area contributed by atoms with Crippen LogP contribution < -0.4 is 14.8 Å². The maximum Gasteiger partial charge on any atom is 0.178 e. The lowest BCUT2D eigenvalue weighted by Crippen LogP contribution is -2.36. The van der Waals surface area contributed by atoms with E-state index in [1.807, 2.05) is 30.3 Å². The van der Waals surface area contributed by atoms with E-state index in [1.165, 1.54) is 49.0 Å². The first-order valence-corrected chi connectivity index (χ1v) is 20.2. The van der Waals surface area contributed by atoms with Crippen LogP contribution in [0.5, 0.6) is 23.0 Å². The molecule has 0 spiro atoms. The van der Waals surface area contributed by atoms with Crippen molar-refractivity contribution in [2.24, 2.45) is 9.98 Å². The van der Waals surface area contributed by atoms with Crippen LogP contribution in [0.15, 0.2) is 186 Å². The Hall–Kier alpha value is -7.50. The fraction of sp³-hybridized carbons (Fsp3) is 0.0741. The second-order valence-corrected chi connectivity index (χ2v) is 16.1. The molecule has 0 amide bonds. The van der Waals surface area contributed by atoms with Crippen molar-refractivity contribution < 1.29 is 9.47 Å². The van der Waals surface area contributed by atoms with Gasteiger partial charge in [-0.15, -0.1) is 0 Å². The number of amidine groups is 2. The Balaban J connectivity index is 0.887. The molecule has 2 heterocycles. The first kappa shape index (κ1) is 33.6. The number of nitrogens with one attached hydrogen (secondary N) is 1. The molecular formula is C54H37N3O2. The van der Waals surface area contributed by atoms with Gasteiger partial charge < -0.3 is 14.8 Å². The standard InChI is InChI=1S/C54H37N3O2/c1-54(2)44-19-11-10-18-42(44)49-45(54)27-29-47-50(49)59-46-28-25-35(31-48(46)58-47)32-20-22-34(23-21-32)52-55-51(33-12-4-3-5-13-33)56-53(57-52)36-24-26-41-39-16-7-6-14-37(39)38-15-8-9-17-40(38)43(41)30-36/h3-31,52H,1-2H3,(H,55,56,57). The van der Waals surface area contributed by atoms with E-state index in [0.29, 0.717) is 11.5 Å². The Morgan fingerprint density at radius 2 is 1.03 bits per heavy atom. The van der Waals surface area contributed by atoms with Gasteiger partial charge in [-0.2, -0.15) is 0 Å². The molecule has 3 aliphatic rings. The van der Waals surface area contributed by atoms with Gasteiger partial charge in [0.2, 0.25) is 0 Å². The largest absolute Gasteiger partial charge is 0.449 e. The van der Waals surface area contributed by atoms with E-state index in [2.05, 4.69) is 165 Å². The van der Waals surface area contributed by atoms with Gasteiger partial charge in [0.1, 0.15) is 11.7 Å². The van der Waals surface area contributed by atoms with E-state index >= 15 is 0 Å². The fourth-order valence-electron chi connectivity index (χ4n) is 9.40. The molecule has 280 valence electrons. The second kappa shape index (κ2) is 12.8. The van der Waals surface area contributed by atoms with Crippen LogP contribution in [0.25, 0.3) is 54.6 Å². The number of ether oxygens (including phenoxy) is 2. The summed E-state index contributed by atoms with van der Waals surface area (Å²) in [6.07, 6.45) is -0.437. The molecule has 0 fully saturated rings. The van der Waals surface area contributed by atoms with Crippen molar-refractivity contribution >= 4 is 44.0 Å². The topological polar surface area (TPSA) is 55.2 Å². The molecule has 5 heteroatoms. The van der Waals surface area contributed by atoms with Crippen LogP contribution in [0, 0.1) is 0 Å². The highest BCUT2D eigenvalue weighted by molar-refractivity contribution is 6.26. The van der Waals surface area contributed by atoms with Crippen molar-refractivity contribution in [3.8, 4) is 45.3 Å². The molecule has 12 rings (SSSR count). The number of hydrogen-bond donors (Lipinski definition) is 1. The number of nitrogens with zero attached hydrogens (tertiary/aromatic N) is 2. The zero-order chi connectivity index (χ0) is 39.2. The Morgan fingerprint density at radius 3 is 1.78 bits per heavy atom. The monoisotopic (exact) mass is 759 g/mol. The maximum absolute atomic E-state index is 6.66. The molecule has 59 heavy (non-hydrogen) atoms. The van der Waals surface area contributed by atoms with Crippen LogP contribution in [0.3, 0.4) is 0 Å². The molecule has 1 N–H and O–H groups in total. The summed E-state index contributed by atoms with van der Waals surface area (Å²) in [5, 5.41) is 11.0. The highest BCUT2D eigenvalue weighted by Crippen LogP contribution is 2.58. The molecule has 9 aromatic rings. The predicted octanol–water partition coefficient (Wildman–Crippen LogP) is 13.5. The molecule has 1 atom stereocenters. The van der Waals surface area contributed by atoms with Crippen LogP contribution in [0.1, 0.15) is 47.8 Å². The zero-order valence-electron chi connectivity index (χ0n) is 32.5. The summed E-state index contributed by atoms with van der Waals surface area (Å²) in [6, 6.07) is 61.9. The van der Waals surface area contributed by atoms with Crippen LogP contribution in [-0.4, -0.2) is 11.7 Å². The average Bonchev–Trinajstić information content (AvgIpc) is 3.54. The Kier molecular flexibility index (Phi) is 7.27. The van der Waals surface area contributed by atoms with Gasteiger partial charge in [-0.05, 0) is 90.0 Å². The summed E-state index contributed by atoms with van der Waals surface area (Å²) in [4.78, 5) is 10.4. The van der Waals surface area contributed by atoms with E-state index in [9.17, 15) is 0 Å². The van der Waals surface area contributed by atoms with E-state index in [0.717, 1.165) is 56.6 Å². The lowest BCUT2D eigenvalue weighted by Gasteiger charge is -2.25.